The third kappa shape index (κ3) is 4.97. The van der Waals surface area contributed by atoms with Crippen molar-refractivity contribution >= 4 is 29.3 Å². The maximum absolute atomic E-state index is 12.0. The van der Waals surface area contributed by atoms with Crippen LogP contribution in [-0.2, 0) is 9.53 Å². The summed E-state index contributed by atoms with van der Waals surface area (Å²) in [5, 5.41) is 21.6. The highest BCUT2D eigenvalue weighted by molar-refractivity contribution is 8.00. The highest BCUT2D eigenvalue weighted by Gasteiger charge is 2.17. The van der Waals surface area contributed by atoms with Crippen LogP contribution in [0.5, 0.6) is 5.75 Å². The Balaban J connectivity index is 2.08. The average Bonchev–Trinajstić information content (AvgIpc) is 2.62. The molecule has 1 aromatic heterocycles. The van der Waals surface area contributed by atoms with Gasteiger partial charge in [-0.05, 0) is 44.2 Å². The zero-order chi connectivity index (χ0) is 19.1. The lowest BCUT2D eigenvalue weighted by Gasteiger charge is -2.09. The minimum absolute atomic E-state index is 0.0424. The molecule has 0 aliphatic carbocycles. The highest BCUT2D eigenvalue weighted by atomic mass is 32.2. The standard InChI is InChI=1S/C18H17N3O4S/c1-3-25-18(24)15-8-12(9-19)17(20-11(15)2)26-10-16(23)21-13-4-6-14(22)7-5-13/h4-8,22H,3,10H2,1-2H3,(H,21,23). The molecule has 0 saturated heterocycles. The fourth-order valence-corrected chi connectivity index (χ4v) is 2.87. The molecule has 8 heteroatoms. The summed E-state index contributed by atoms with van der Waals surface area (Å²) < 4.78 is 4.94. The van der Waals surface area contributed by atoms with Crippen LogP contribution < -0.4 is 5.32 Å². The van der Waals surface area contributed by atoms with Gasteiger partial charge in [-0.15, -0.1) is 0 Å². The molecule has 1 aromatic carbocycles. The number of anilines is 1. The molecule has 1 heterocycles. The molecule has 7 nitrogen and oxygen atoms in total. The lowest BCUT2D eigenvalue weighted by molar-refractivity contribution is -0.113. The number of thioether (sulfide) groups is 1. The number of phenolic OH excluding ortho intramolecular Hbond substituents is 1. The number of rotatable bonds is 6. The Morgan fingerprint density at radius 3 is 2.65 bits per heavy atom. The molecule has 0 aliphatic rings. The topological polar surface area (TPSA) is 112 Å². The van der Waals surface area contributed by atoms with Crippen LogP contribution in [0.15, 0.2) is 35.4 Å². The molecule has 0 saturated carbocycles. The summed E-state index contributed by atoms with van der Waals surface area (Å²) in [7, 11) is 0. The number of phenols is 1. The van der Waals surface area contributed by atoms with Gasteiger partial charge in [-0.1, -0.05) is 11.8 Å². The number of amides is 1. The van der Waals surface area contributed by atoms with E-state index >= 15 is 0 Å². The van der Waals surface area contributed by atoms with Crippen LogP contribution in [0.2, 0.25) is 0 Å². The third-order valence-corrected chi connectivity index (χ3v) is 4.28. The smallest absolute Gasteiger partial charge is 0.340 e. The Bertz CT molecular complexity index is 860. The van der Waals surface area contributed by atoms with Crippen LogP contribution in [-0.4, -0.2) is 34.3 Å². The fourth-order valence-electron chi connectivity index (χ4n) is 2.06. The zero-order valence-electron chi connectivity index (χ0n) is 14.3. The first-order valence-corrected chi connectivity index (χ1v) is 8.73. The molecule has 0 aliphatic heterocycles. The van der Waals surface area contributed by atoms with E-state index in [-0.39, 0.29) is 35.1 Å². The Kier molecular flexibility index (Phi) is 6.58. The minimum Gasteiger partial charge on any atom is -0.508 e. The van der Waals surface area contributed by atoms with Crippen molar-refractivity contribution in [2.75, 3.05) is 17.7 Å². The molecule has 0 atom stereocenters. The normalized spacial score (nSPS) is 10.0. The van der Waals surface area contributed by atoms with Gasteiger partial charge in [-0.2, -0.15) is 5.26 Å². The number of carbonyl (C=O) groups is 2. The number of pyridine rings is 1. The van der Waals surface area contributed by atoms with Gasteiger partial charge in [0.1, 0.15) is 16.8 Å². The summed E-state index contributed by atoms with van der Waals surface area (Å²) in [6.45, 7) is 3.57. The predicted octanol–water partition coefficient (Wildman–Crippen LogP) is 2.87. The summed E-state index contributed by atoms with van der Waals surface area (Å²) in [6, 6.07) is 9.51. The van der Waals surface area contributed by atoms with E-state index in [9.17, 15) is 20.0 Å². The number of aryl methyl sites for hydroxylation is 1. The number of hydrogen-bond donors (Lipinski definition) is 2. The van der Waals surface area contributed by atoms with Crippen molar-refractivity contribution in [3.8, 4) is 11.8 Å². The molecule has 1 amide bonds. The van der Waals surface area contributed by atoms with Crippen LogP contribution >= 0.6 is 11.8 Å². The van der Waals surface area contributed by atoms with E-state index in [0.29, 0.717) is 16.4 Å². The maximum Gasteiger partial charge on any atom is 0.340 e. The van der Waals surface area contributed by atoms with Crippen molar-refractivity contribution in [1.29, 1.82) is 5.26 Å². The van der Waals surface area contributed by atoms with Crippen LogP contribution in [0, 0.1) is 18.3 Å². The first-order valence-electron chi connectivity index (χ1n) is 7.75. The van der Waals surface area contributed by atoms with Crippen molar-refractivity contribution < 1.29 is 19.4 Å². The van der Waals surface area contributed by atoms with Crippen molar-refractivity contribution in [2.45, 2.75) is 18.9 Å². The van der Waals surface area contributed by atoms with Gasteiger partial charge in [-0.3, -0.25) is 4.79 Å². The van der Waals surface area contributed by atoms with E-state index < -0.39 is 5.97 Å². The number of nitrogens with zero attached hydrogens (tertiary/aromatic N) is 2. The molecular weight excluding hydrogens is 354 g/mol. The van der Waals surface area contributed by atoms with E-state index in [2.05, 4.69) is 10.3 Å². The van der Waals surface area contributed by atoms with Gasteiger partial charge in [-0.25, -0.2) is 9.78 Å². The van der Waals surface area contributed by atoms with E-state index in [4.69, 9.17) is 4.74 Å². The lowest BCUT2D eigenvalue weighted by atomic mass is 10.1. The summed E-state index contributed by atoms with van der Waals surface area (Å²) in [6.07, 6.45) is 0. The first kappa shape index (κ1) is 19.3. The zero-order valence-corrected chi connectivity index (χ0v) is 15.1. The molecule has 0 spiro atoms. The average molecular weight is 371 g/mol. The van der Waals surface area contributed by atoms with Crippen LogP contribution in [0.4, 0.5) is 5.69 Å². The molecule has 2 aromatic rings. The summed E-state index contributed by atoms with van der Waals surface area (Å²) in [5.74, 6) is -0.660. The number of nitrogens with one attached hydrogen (secondary N) is 1. The molecule has 0 unspecified atom stereocenters. The summed E-state index contributed by atoms with van der Waals surface area (Å²) >= 11 is 1.10. The quantitative estimate of drug-likeness (QED) is 0.456. The number of hydrogen-bond acceptors (Lipinski definition) is 7. The Morgan fingerprint density at radius 1 is 1.35 bits per heavy atom. The van der Waals surface area contributed by atoms with Crippen LogP contribution in [0.3, 0.4) is 0 Å². The van der Waals surface area contributed by atoms with Crippen LogP contribution in [0.25, 0.3) is 0 Å². The molecule has 2 rings (SSSR count). The van der Waals surface area contributed by atoms with E-state index in [1.54, 1.807) is 26.0 Å². The largest absolute Gasteiger partial charge is 0.508 e. The molecule has 26 heavy (non-hydrogen) atoms. The summed E-state index contributed by atoms with van der Waals surface area (Å²) in [4.78, 5) is 28.2. The van der Waals surface area contributed by atoms with Crippen molar-refractivity contribution in [1.82, 2.24) is 4.98 Å². The fraction of sp³-hybridized carbons (Fsp3) is 0.222. The highest BCUT2D eigenvalue weighted by Crippen LogP contribution is 2.24. The van der Waals surface area contributed by atoms with Gasteiger partial charge < -0.3 is 15.2 Å². The molecule has 2 N–H and O–H groups in total. The summed E-state index contributed by atoms with van der Waals surface area (Å²) in [5.41, 5.74) is 1.43. The number of esters is 1. The Labute approximate surface area is 155 Å². The molecule has 0 fully saturated rings. The molecular formula is C18H17N3O4S. The minimum atomic E-state index is -0.532. The number of aromatic nitrogens is 1. The number of ether oxygens (including phenoxy) is 1. The van der Waals surface area contributed by atoms with Gasteiger partial charge in [0.05, 0.1) is 29.2 Å². The first-order chi connectivity index (χ1) is 12.4. The second-order valence-electron chi connectivity index (χ2n) is 5.19. The number of nitriles is 1. The Morgan fingerprint density at radius 2 is 2.04 bits per heavy atom. The van der Waals surface area contributed by atoms with Gasteiger partial charge in [0, 0.05) is 5.69 Å². The monoisotopic (exact) mass is 371 g/mol. The lowest BCUT2D eigenvalue weighted by Crippen LogP contribution is -2.14. The maximum atomic E-state index is 12.0. The third-order valence-electron chi connectivity index (χ3n) is 3.28. The number of carbonyl (C=O) groups excluding carboxylic acids is 2. The van der Waals surface area contributed by atoms with Gasteiger partial charge >= 0.3 is 5.97 Å². The van der Waals surface area contributed by atoms with Gasteiger partial charge in [0.2, 0.25) is 5.91 Å². The number of aromatic hydroxyl groups is 1. The van der Waals surface area contributed by atoms with E-state index in [1.165, 1.54) is 18.2 Å². The van der Waals surface area contributed by atoms with Crippen LogP contribution in [0.1, 0.15) is 28.5 Å². The van der Waals surface area contributed by atoms with E-state index in [0.717, 1.165) is 11.8 Å². The molecule has 0 radical (unpaired) electrons. The second-order valence-corrected chi connectivity index (χ2v) is 6.15. The second kappa shape index (κ2) is 8.87. The van der Waals surface area contributed by atoms with Crippen molar-refractivity contribution in [3.05, 3.63) is 47.2 Å². The van der Waals surface area contributed by atoms with Crippen molar-refractivity contribution in [2.24, 2.45) is 0 Å². The van der Waals surface area contributed by atoms with Gasteiger partial charge in [0.15, 0.2) is 0 Å². The number of benzene rings is 1. The molecule has 134 valence electrons. The van der Waals surface area contributed by atoms with Gasteiger partial charge in [0.25, 0.3) is 0 Å². The van der Waals surface area contributed by atoms with Crippen molar-refractivity contribution in [3.63, 3.8) is 0 Å². The van der Waals surface area contributed by atoms with E-state index in [1.807, 2.05) is 6.07 Å². The predicted molar refractivity (Wildman–Crippen MR) is 97.1 cm³/mol. The molecule has 0 bridgehead atoms. The SMILES string of the molecule is CCOC(=O)c1cc(C#N)c(SCC(=O)Nc2ccc(O)cc2)nc1C. The Hall–Kier alpha value is -3.05.